The van der Waals surface area contributed by atoms with E-state index in [0.717, 1.165) is 0 Å². The van der Waals surface area contributed by atoms with Crippen LogP contribution in [0.25, 0.3) is 0 Å². The normalized spacial score (nSPS) is 16.2. The van der Waals surface area contributed by atoms with Gasteiger partial charge in [-0.3, -0.25) is 0 Å². The summed E-state index contributed by atoms with van der Waals surface area (Å²) in [5, 5.41) is 0. The molecule has 0 aromatic heterocycles. The third-order valence-electron chi connectivity index (χ3n) is 1.94. The van der Waals surface area contributed by atoms with Gasteiger partial charge in [0.2, 0.25) is 0 Å². The van der Waals surface area contributed by atoms with Gasteiger partial charge in [0.15, 0.2) is 0 Å². The Bertz CT molecular complexity index is 336. The van der Waals surface area contributed by atoms with Gasteiger partial charge in [-0.2, -0.15) is 0 Å². The Morgan fingerprint density at radius 3 is 2.42 bits per heavy atom. The zero-order valence-corrected chi connectivity index (χ0v) is 13.3. The second-order valence-corrected chi connectivity index (χ2v) is 10.2. The SMILES string of the molecule is C#CCOCC(COC(C)(C)C=C)OP(O)(O)(Cl)Cl. The molecule has 0 aromatic carbocycles. The first-order valence-corrected chi connectivity index (χ1v) is 9.25. The summed E-state index contributed by atoms with van der Waals surface area (Å²) in [5.41, 5.74) is -0.617. The van der Waals surface area contributed by atoms with Gasteiger partial charge < -0.3 is 0 Å². The van der Waals surface area contributed by atoms with Gasteiger partial charge in [-0.05, 0) is 0 Å². The van der Waals surface area contributed by atoms with Crippen molar-refractivity contribution in [1.29, 1.82) is 0 Å². The van der Waals surface area contributed by atoms with Crippen LogP contribution in [0.3, 0.4) is 0 Å². The second-order valence-electron chi connectivity index (χ2n) is 4.32. The van der Waals surface area contributed by atoms with Crippen LogP contribution in [-0.2, 0) is 14.0 Å². The van der Waals surface area contributed by atoms with E-state index in [9.17, 15) is 9.79 Å². The van der Waals surface area contributed by atoms with Gasteiger partial charge in [0, 0.05) is 0 Å². The standard InChI is InChI=1S/C11H19Cl2O5P/c1-5-7-16-8-10(18-19(12,13,14)15)9-17-11(3,4)6-2/h1,6,10,14-15H,2,7-9H2,3-4H3. The number of ether oxygens (including phenoxy) is 2. The van der Waals surface area contributed by atoms with Crippen LogP contribution in [0.2, 0.25) is 0 Å². The van der Waals surface area contributed by atoms with Crippen molar-refractivity contribution in [3.05, 3.63) is 12.7 Å². The van der Waals surface area contributed by atoms with Gasteiger partial charge in [0.25, 0.3) is 0 Å². The molecule has 0 spiro atoms. The quantitative estimate of drug-likeness (QED) is 0.294. The van der Waals surface area contributed by atoms with Crippen molar-refractivity contribution in [2.24, 2.45) is 0 Å². The molecule has 19 heavy (non-hydrogen) atoms. The van der Waals surface area contributed by atoms with Gasteiger partial charge in [-0.1, -0.05) is 0 Å². The minimum atomic E-state index is -5.14. The fraction of sp³-hybridized carbons (Fsp3) is 0.636. The molecule has 0 aromatic rings. The summed E-state index contributed by atoms with van der Waals surface area (Å²) in [5.74, 6) is -2.88. The van der Waals surface area contributed by atoms with E-state index < -0.39 is 17.7 Å². The number of hydrogen-bond donors (Lipinski definition) is 2. The molecule has 0 rings (SSSR count). The molecular weight excluding hydrogens is 314 g/mol. The Morgan fingerprint density at radius 1 is 1.42 bits per heavy atom. The van der Waals surface area contributed by atoms with Crippen molar-refractivity contribution >= 4 is 28.5 Å². The predicted molar refractivity (Wildman–Crippen MR) is 77.8 cm³/mol. The third-order valence-corrected chi connectivity index (χ3v) is 3.07. The Labute approximate surface area is 123 Å². The van der Waals surface area contributed by atoms with Crippen LogP contribution in [0.5, 0.6) is 0 Å². The van der Waals surface area contributed by atoms with Crippen LogP contribution in [-0.4, -0.2) is 41.3 Å². The molecule has 0 saturated carbocycles. The number of hydrogen-bond acceptors (Lipinski definition) is 5. The van der Waals surface area contributed by atoms with Crippen molar-refractivity contribution in [2.45, 2.75) is 25.6 Å². The first-order valence-electron chi connectivity index (χ1n) is 5.38. The fourth-order valence-electron chi connectivity index (χ4n) is 0.971. The third kappa shape index (κ3) is 11.6. The molecule has 1 atom stereocenters. The van der Waals surface area contributed by atoms with E-state index in [1.807, 2.05) is 0 Å². The van der Waals surface area contributed by atoms with Gasteiger partial charge in [0.05, 0.1) is 0 Å². The molecule has 0 fully saturated rings. The summed E-state index contributed by atoms with van der Waals surface area (Å²) in [4.78, 5) is 18.6. The second kappa shape index (κ2) is 7.21. The average molecular weight is 333 g/mol. The van der Waals surface area contributed by atoms with Gasteiger partial charge in [-0.25, -0.2) is 0 Å². The Balaban J connectivity index is 4.51. The van der Waals surface area contributed by atoms with Gasteiger partial charge >= 0.3 is 123 Å². The first-order chi connectivity index (χ1) is 8.45. The zero-order chi connectivity index (χ0) is 15.2. The Morgan fingerprint density at radius 2 is 2.00 bits per heavy atom. The summed E-state index contributed by atoms with van der Waals surface area (Å²) in [7, 11) is 0. The molecular formula is C11H19Cl2O5P. The molecule has 112 valence electrons. The van der Waals surface area contributed by atoms with Crippen LogP contribution >= 0.6 is 28.5 Å². The van der Waals surface area contributed by atoms with E-state index in [4.69, 9.17) is 42.9 Å². The zero-order valence-electron chi connectivity index (χ0n) is 10.9. The maximum atomic E-state index is 9.32. The first kappa shape index (κ1) is 19.1. The van der Waals surface area contributed by atoms with Crippen molar-refractivity contribution in [3.8, 4) is 12.3 Å². The molecule has 2 N–H and O–H groups in total. The van der Waals surface area contributed by atoms with Crippen molar-refractivity contribution in [3.63, 3.8) is 0 Å². The average Bonchev–Trinajstić information content (AvgIpc) is 2.23. The molecule has 0 amide bonds. The minimum absolute atomic E-state index is 0.0257. The van der Waals surface area contributed by atoms with Crippen LogP contribution in [0.4, 0.5) is 0 Å². The van der Waals surface area contributed by atoms with Gasteiger partial charge in [-0.15, -0.1) is 0 Å². The molecule has 5 nitrogen and oxygen atoms in total. The molecule has 0 radical (unpaired) electrons. The summed E-state index contributed by atoms with van der Waals surface area (Å²) >= 11 is 10.6. The van der Waals surface area contributed by atoms with E-state index in [1.54, 1.807) is 19.9 Å². The summed E-state index contributed by atoms with van der Waals surface area (Å²) in [6.45, 7) is 7.13. The molecule has 0 aliphatic carbocycles. The van der Waals surface area contributed by atoms with E-state index in [2.05, 4.69) is 12.5 Å². The van der Waals surface area contributed by atoms with Crippen molar-refractivity contribution in [1.82, 2.24) is 0 Å². The molecule has 0 bridgehead atoms. The molecule has 0 heterocycles. The van der Waals surface area contributed by atoms with E-state index in [1.165, 1.54) is 0 Å². The topological polar surface area (TPSA) is 68.2 Å². The van der Waals surface area contributed by atoms with Gasteiger partial charge in [0.1, 0.15) is 0 Å². The number of terminal acetylenes is 1. The summed E-state index contributed by atoms with van der Waals surface area (Å²) < 4.78 is 15.3. The molecule has 0 aliphatic rings. The number of rotatable bonds is 9. The maximum absolute atomic E-state index is 9.32. The van der Waals surface area contributed by atoms with E-state index >= 15 is 0 Å². The van der Waals surface area contributed by atoms with Crippen molar-refractivity contribution in [2.75, 3.05) is 19.8 Å². The van der Waals surface area contributed by atoms with Crippen LogP contribution in [0.15, 0.2) is 12.7 Å². The van der Waals surface area contributed by atoms with Crippen LogP contribution in [0.1, 0.15) is 13.8 Å². The van der Waals surface area contributed by atoms with Crippen LogP contribution in [0, 0.1) is 12.3 Å². The molecule has 1 unspecified atom stereocenters. The number of halogens is 2. The van der Waals surface area contributed by atoms with E-state index in [0.29, 0.717) is 0 Å². The molecule has 0 aliphatic heterocycles. The fourth-order valence-corrected chi connectivity index (χ4v) is 2.26. The monoisotopic (exact) mass is 332 g/mol. The van der Waals surface area contributed by atoms with Crippen LogP contribution < -0.4 is 0 Å². The molecule has 8 heteroatoms. The van der Waals surface area contributed by atoms with Crippen molar-refractivity contribution < 1.29 is 23.8 Å². The Kier molecular flexibility index (Phi) is 7.26. The summed E-state index contributed by atoms with van der Waals surface area (Å²) in [6, 6.07) is 0. The Hall–Kier alpha value is 0.110. The van der Waals surface area contributed by atoms with E-state index in [-0.39, 0.29) is 19.8 Å². The summed E-state index contributed by atoms with van der Waals surface area (Å²) in [6.07, 6.45) is 5.74. The predicted octanol–water partition coefficient (Wildman–Crippen LogP) is 2.59. The molecule has 0 saturated heterocycles.